The topological polar surface area (TPSA) is 3.24 Å². The van der Waals surface area contributed by atoms with Crippen LogP contribution in [0.2, 0.25) is 0 Å². The van der Waals surface area contributed by atoms with Gasteiger partial charge in [-0.2, -0.15) is 0 Å². The number of nitrogens with zero attached hydrogens (tertiary/aromatic N) is 1. The molecule has 0 amide bonds. The van der Waals surface area contributed by atoms with Gasteiger partial charge in [0.1, 0.15) is 0 Å². The van der Waals surface area contributed by atoms with E-state index in [-0.39, 0.29) is 0 Å². The van der Waals surface area contributed by atoms with Gasteiger partial charge in [0.2, 0.25) is 0 Å². The molecular formula is C65H119N. The second-order valence-corrected chi connectivity index (χ2v) is 24.2. The number of allylic oxidation sites excluding steroid dienone is 3. The normalized spacial score (nSPS) is 12.1. The van der Waals surface area contributed by atoms with Crippen LogP contribution in [0.15, 0.2) is 54.7 Å². The van der Waals surface area contributed by atoms with E-state index in [1.165, 1.54) is 229 Å². The van der Waals surface area contributed by atoms with Crippen molar-refractivity contribution in [3.63, 3.8) is 0 Å². The van der Waals surface area contributed by atoms with Crippen molar-refractivity contribution in [1.29, 1.82) is 0 Å². The van der Waals surface area contributed by atoms with Gasteiger partial charge in [-0.25, -0.2) is 0 Å². The van der Waals surface area contributed by atoms with Crippen LogP contribution in [0, 0.1) is 35.5 Å². The summed E-state index contributed by atoms with van der Waals surface area (Å²) in [5.41, 5.74) is 9.22. The fourth-order valence-electron chi connectivity index (χ4n) is 11.1. The molecule has 0 bridgehead atoms. The largest absolute Gasteiger partial charge is 0.309 e. The fourth-order valence-corrected chi connectivity index (χ4v) is 11.1. The number of hydrogen-bond donors (Lipinski definition) is 0. The first-order valence-corrected chi connectivity index (χ1v) is 29.4. The second-order valence-electron chi connectivity index (χ2n) is 24.2. The van der Waals surface area contributed by atoms with Crippen LogP contribution in [0.25, 0.3) is 0 Å². The number of aryl methyl sites for hydroxylation is 3. The summed E-state index contributed by atoms with van der Waals surface area (Å²) in [5.74, 6) is 5.22. The number of benzene rings is 1. The summed E-state index contributed by atoms with van der Waals surface area (Å²) in [4.78, 5) is 2.30. The Morgan fingerprint density at radius 2 is 0.727 bits per heavy atom. The van der Waals surface area contributed by atoms with E-state index in [1.54, 1.807) is 16.7 Å². The lowest BCUT2D eigenvalue weighted by Gasteiger charge is -2.21. The molecule has 1 nitrogen and oxygen atoms in total. The summed E-state index contributed by atoms with van der Waals surface area (Å²) in [5, 5.41) is 0. The molecule has 0 heterocycles. The molecule has 0 N–H and O–H groups in total. The third-order valence-corrected chi connectivity index (χ3v) is 14.6. The van der Waals surface area contributed by atoms with Crippen molar-refractivity contribution < 1.29 is 0 Å². The Kier molecular flexibility index (Phi) is 39.0. The molecule has 0 atom stereocenters. The van der Waals surface area contributed by atoms with Crippen LogP contribution < -0.4 is 0 Å². The Bertz CT molecular complexity index is 1290. The van der Waals surface area contributed by atoms with Gasteiger partial charge in [-0.15, -0.1) is 0 Å². The highest BCUT2D eigenvalue weighted by atomic mass is 15.0. The third kappa shape index (κ3) is 38.3. The van der Waals surface area contributed by atoms with Gasteiger partial charge in [-0.3, -0.25) is 0 Å². The molecule has 0 unspecified atom stereocenters. The Morgan fingerprint density at radius 1 is 0.379 bits per heavy atom. The number of hydrogen-bond acceptors (Lipinski definition) is 1. The molecule has 0 aliphatic rings. The molecule has 1 rings (SSSR count). The van der Waals surface area contributed by atoms with Gasteiger partial charge < -0.3 is 4.90 Å². The van der Waals surface area contributed by atoms with Crippen LogP contribution in [0.1, 0.15) is 284 Å². The first kappa shape index (κ1) is 62.4. The van der Waals surface area contributed by atoms with Gasteiger partial charge in [0.15, 0.2) is 0 Å². The van der Waals surface area contributed by atoms with E-state index in [4.69, 9.17) is 0 Å². The van der Waals surface area contributed by atoms with Crippen LogP contribution in [0.3, 0.4) is 0 Å². The molecule has 384 valence electrons. The Balaban J connectivity index is 2.33. The first-order valence-electron chi connectivity index (χ1n) is 29.4. The van der Waals surface area contributed by atoms with Crippen molar-refractivity contribution in [1.82, 2.24) is 4.90 Å². The Morgan fingerprint density at radius 3 is 1.14 bits per heavy atom. The van der Waals surface area contributed by atoms with Crippen LogP contribution >= 0.6 is 0 Å². The maximum atomic E-state index is 4.50. The molecule has 0 aliphatic carbocycles. The van der Waals surface area contributed by atoms with Gasteiger partial charge in [0, 0.05) is 0 Å². The van der Waals surface area contributed by atoms with E-state index < -0.39 is 0 Å². The van der Waals surface area contributed by atoms with E-state index in [2.05, 4.69) is 112 Å². The van der Waals surface area contributed by atoms with Crippen molar-refractivity contribution >= 4 is 0 Å². The highest BCUT2D eigenvalue weighted by molar-refractivity contribution is 5.33. The van der Waals surface area contributed by atoms with Crippen molar-refractivity contribution in [3.05, 3.63) is 71.3 Å². The highest BCUT2D eigenvalue weighted by Crippen LogP contribution is 2.28. The Labute approximate surface area is 417 Å². The highest BCUT2D eigenvalue weighted by Gasteiger charge is 2.14. The Hall–Kier alpha value is -1.60. The smallest absolute Gasteiger partial charge is 0.00218 e. The maximum absolute atomic E-state index is 4.50. The molecule has 0 fully saturated rings. The zero-order chi connectivity index (χ0) is 48.8. The van der Waals surface area contributed by atoms with E-state index in [0.29, 0.717) is 0 Å². The van der Waals surface area contributed by atoms with Gasteiger partial charge in [-0.1, -0.05) is 213 Å². The lowest BCUT2D eigenvalue weighted by Crippen LogP contribution is -2.12. The summed E-state index contributed by atoms with van der Waals surface area (Å²) in [6.45, 7) is 33.7. The van der Waals surface area contributed by atoms with E-state index >= 15 is 0 Å². The molecular weight excluding hydrogens is 795 g/mol. The van der Waals surface area contributed by atoms with Crippen LogP contribution in [0.5, 0.6) is 0 Å². The number of unbranched alkanes of at least 4 members (excludes halogenated alkanes) is 16. The molecule has 0 saturated carbocycles. The molecule has 66 heavy (non-hydrogen) atoms. The maximum Gasteiger partial charge on any atom is -0.00218 e. The van der Waals surface area contributed by atoms with Crippen LogP contribution in [-0.2, 0) is 19.3 Å². The van der Waals surface area contributed by atoms with Gasteiger partial charge in [0.25, 0.3) is 0 Å². The SMILES string of the molecule is C=C(CCCCCCCCc1ccc(CCCCCCCCC(=C)CCCCCCC(CC(C)C)CC(C)C)c(CCC(=C)CCCN(C)C)c1)CCCCCCC(CC(C)C)CC(C)C. The third-order valence-electron chi connectivity index (χ3n) is 14.6. The van der Waals surface area contributed by atoms with Gasteiger partial charge in [-0.05, 0) is 201 Å². The summed E-state index contributed by atoms with van der Waals surface area (Å²) in [6, 6.07) is 7.57. The summed E-state index contributed by atoms with van der Waals surface area (Å²) < 4.78 is 0. The van der Waals surface area contributed by atoms with Crippen LogP contribution in [-0.4, -0.2) is 25.5 Å². The second kappa shape index (κ2) is 41.2. The summed E-state index contributed by atoms with van der Waals surface area (Å²) >= 11 is 0. The summed E-state index contributed by atoms with van der Waals surface area (Å²) in [7, 11) is 4.36. The minimum atomic E-state index is 0.836. The molecule has 1 heteroatoms. The van der Waals surface area contributed by atoms with E-state index in [1.807, 2.05) is 0 Å². The predicted octanol–water partition coefficient (Wildman–Crippen LogP) is 21.3. The fraction of sp³-hybridized carbons (Fsp3) is 0.815. The average molecular weight is 915 g/mol. The lowest BCUT2D eigenvalue weighted by molar-refractivity contribution is 0.315. The van der Waals surface area contributed by atoms with Gasteiger partial charge >= 0.3 is 0 Å². The quantitative estimate of drug-likeness (QED) is 0.0465. The van der Waals surface area contributed by atoms with Crippen molar-refractivity contribution in [2.24, 2.45) is 35.5 Å². The lowest BCUT2D eigenvalue weighted by atomic mass is 9.85. The number of rotatable bonds is 47. The van der Waals surface area contributed by atoms with E-state index in [9.17, 15) is 0 Å². The predicted molar refractivity (Wildman–Crippen MR) is 302 cm³/mol. The monoisotopic (exact) mass is 914 g/mol. The van der Waals surface area contributed by atoms with E-state index in [0.717, 1.165) is 61.3 Å². The zero-order valence-corrected chi connectivity index (χ0v) is 46.9. The average Bonchev–Trinajstić information content (AvgIpc) is 3.23. The molecule has 1 aromatic rings. The standard InChI is InChI=1S/C65H119N/c1-54(2)49-62(50-55(3)4)41-31-24-22-28-37-58(9)35-26-18-14-16-20-30-40-61-45-47-64(65(53-61)46-44-60(11)39-34-48-66(12)13)43-33-21-17-15-19-27-36-59(10)38-29-23-25-32-42-63(51-56(5)6)52-57(7)8/h45,47,53-57,62-63H,9-11,14-44,46,48-52H2,1-8,12-13H3. The molecule has 1 aromatic carbocycles. The van der Waals surface area contributed by atoms with Crippen LogP contribution in [0.4, 0.5) is 0 Å². The van der Waals surface area contributed by atoms with Crippen molar-refractivity contribution in [2.45, 2.75) is 287 Å². The minimum absolute atomic E-state index is 0.836. The molecule has 0 saturated heterocycles. The van der Waals surface area contributed by atoms with Crippen molar-refractivity contribution in [3.8, 4) is 0 Å². The molecule has 0 aromatic heterocycles. The molecule has 0 radical (unpaired) electrons. The zero-order valence-electron chi connectivity index (χ0n) is 46.9. The molecule has 0 spiro atoms. The molecule has 0 aliphatic heterocycles. The minimum Gasteiger partial charge on any atom is -0.309 e. The first-order chi connectivity index (χ1) is 31.6. The van der Waals surface area contributed by atoms with Crippen molar-refractivity contribution in [2.75, 3.05) is 20.6 Å². The van der Waals surface area contributed by atoms with Gasteiger partial charge in [0.05, 0.1) is 0 Å². The summed E-state index contributed by atoms with van der Waals surface area (Å²) in [6.07, 6.45) is 48.1.